The fourth-order valence-corrected chi connectivity index (χ4v) is 0. The average Bonchev–Trinajstić information content (AvgIpc) is 0.918. The Morgan fingerprint density at radius 2 is 1.75 bits per heavy atom. The zero-order valence-electron chi connectivity index (χ0n) is 1.80. The summed E-state index contributed by atoms with van der Waals surface area (Å²) in [5, 5.41) is 7.89. The minimum absolute atomic E-state index is 0. The molecule has 0 fully saturated rings. The maximum atomic E-state index is 8.11. The number of rotatable bonds is 0. The van der Waals surface area contributed by atoms with Gasteiger partial charge in [0.25, 0.3) is 0 Å². The standard InChI is InChI=1S/HNO2.Ti/c2-1-3;/h(H,2,3);. The third-order valence-corrected chi connectivity index (χ3v) is 0. The van der Waals surface area contributed by atoms with Gasteiger partial charge in [0.2, 0.25) is 0 Å². The van der Waals surface area contributed by atoms with E-state index in [4.69, 9.17) is 10.1 Å². The second kappa shape index (κ2) is 11.2. The molecule has 0 aliphatic carbocycles. The summed E-state index contributed by atoms with van der Waals surface area (Å²) in [6.45, 7) is 0. The molecule has 0 amide bonds. The molecule has 0 radical (unpaired) electrons. The SMILES string of the molecule is O=NO.[Ti]. The fourth-order valence-electron chi connectivity index (χ4n) is 0. The number of hydrogen-bond acceptors (Lipinski definition) is 2. The van der Waals surface area contributed by atoms with Crippen LogP contribution >= 0.6 is 0 Å². The Bertz CT molecular complexity index is 13.5. The molecule has 0 spiro atoms. The van der Waals surface area contributed by atoms with Crippen molar-refractivity contribution in [2.75, 3.05) is 0 Å². The van der Waals surface area contributed by atoms with Crippen molar-refractivity contribution in [1.29, 1.82) is 0 Å². The summed E-state index contributed by atoms with van der Waals surface area (Å²) >= 11 is 0. The maximum Gasteiger partial charge on any atom is 0.152 e. The molecule has 4 heavy (non-hydrogen) atoms. The van der Waals surface area contributed by atoms with Gasteiger partial charge in [-0.3, -0.25) is 0 Å². The van der Waals surface area contributed by atoms with Crippen LogP contribution in [-0.2, 0) is 21.7 Å². The van der Waals surface area contributed by atoms with Gasteiger partial charge in [0.05, 0.1) is 0 Å². The summed E-state index contributed by atoms with van der Waals surface area (Å²) in [6, 6.07) is 0. The molecule has 3 nitrogen and oxygen atoms in total. The predicted octanol–water partition coefficient (Wildman–Crippen LogP) is 0.140. The quantitative estimate of drug-likeness (QED) is 0.264. The van der Waals surface area contributed by atoms with Crippen molar-refractivity contribution in [3.8, 4) is 0 Å². The first-order chi connectivity index (χ1) is 1.41. The Balaban J connectivity index is 0. The number of nitrogens with zero attached hydrogens (tertiary/aromatic N) is 1. The van der Waals surface area contributed by atoms with Gasteiger partial charge in [-0.25, -0.2) is 0 Å². The van der Waals surface area contributed by atoms with E-state index in [1.807, 2.05) is 0 Å². The van der Waals surface area contributed by atoms with Crippen molar-refractivity contribution < 1.29 is 26.9 Å². The van der Waals surface area contributed by atoms with Gasteiger partial charge in [-0.2, -0.15) is 0 Å². The van der Waals surface area contributed by atoms with Crippen LogP contribution in [0.5, 0.6) is 0 Å². The molecule has 0 aromatic heterocycles. The van der Waals surface area contributed by atoms with Crippen LogP contribution in [0.15, 0.2) is 5.34 Å². The van der Waals surface area contributed by atoms with E-state index in [-0.39, 0.29) is 21.7 Å². The van der Waals surface area contributed by atoms with E-state index in [2.05, 4.69) is 0 Å². The van der Waals surface area contributed by atoms with Crippen molar-refractivity contribution in [3.05, 3.63) is 4.91 Å². The van der Waals surface area contributed by atoms with Gasteiger partial charge in [0.15, 0.2) is 5.34 Å². The van der Waals surface area contributed by atoms with Crippen molar-refractivity contribution >= 4 is 0 Å². The zero-order valence-corrected chi connectivity index (χ0v) is 3.36. The van der Waals surface area contributed by atoms with Crippen molar-refractivity contribution in [2.45, 2.75) is 0 Å². The largest absolute Gasteiger partial charge is 0.379 e. The molecule has 0 aromatic carbocycles. The van der Waals surface area contributed by atoms with Crippen LogP contribution in [0.2, 0.25) is 0 Å². The first-order valence-electron chi connectivity index (χ1n) is 0.383. The third kappa shape index (κ3) is 201. The van der Waals surface area contributed by atoms with Gasteiger partial charge in [0, 0.05) is 21.7 Å². The molecule has 1 N–H and O–H groups in total. The zero-order chi connectivity index (χ0) is 2.71. The van der Waals surface area contributed by atoms with Crippen LogP contribution < -0.4 is 0 Å². The van der Waals surface area contributed by atoms with Crippen molar-refractivity contribution in [3.63, 3.8) is 0 Å². The molecule has 0 bridgehead atoms. The molecule has 0 saturated carbocycles. The summed E-state index contributed by atoms with van der Waals surface area (Å²) in [5.74, 6) is 0. The molecule has 4 heteroatoms. The fraction of sp³-hybridized carbons (Fsp3) is 0. The Morgan fingerprint density at radius 3 is 1.75 bits per heavy atom. The van der Waals surface area contributed by atoms with Gasteiger partial charge in [-0.1, -0.05) is 0 Å². The van der Waals surface area contributed by atoms with E-state index in [1.54, 1.807) is 0 Å². The molecule has 0 rings (SSSR count). The molecule has 0 aromatic rings. The topological polar surface area (TPSA) is 49.7 Å². The smallest absolute Gasteiger partial charge is 0.152 e. The summed E-state index contributed by atoms with van der Waals surface area (Å²) in [7, 11) is 0. The predicted molar refractivity (Wildman–Crippen MR) is 7.58 cm³/mol. The second-order valence-electron chi connectivity index (χ2n) is 0.0816. The molecule has 0 unspecified atom stereocenters. The maximum absolute atomic E-state index is 8.11. The first-order valence-corrected chi connectivity index (χ1v) is 0.383. The van der Waals surface area contributed by atoms with Gasteiger partial charge in [0.1, 0.15) is 0 Å². The van der Waals surface area contributed by atoms with Gasteiger partial charge in [-0.15, -0.1) is 4.91 Å². The molecule has 0 saturated heterocycles. The van der Waals surface area contributed by atoms with Crippen molar-refractivity contribution in [1.82, 2.24) is 0 Å². The summed E-state index contributed by atoms with van der Waals surface area (Å²) in [4.78, 5) is 8.11. The minimum atomic E-state index is 0. The molecular weight excluding hydrogens is 93.9 g/mol. The molecule has 0 atom stereocenters. The van der Waals surface area contributed by atoms with E-state index in [0.717, 1.165) is 0 Å². The van der Waals surface area contributed by atoms with E-state index in [9.17, 15) is 0 Å². The summed E-state index contributed by atoms with van der Waals surface area (Å²) in [6.07, 6.45) is 0. The molecule has 0 aliphatic heterocycles. The minimum Gasteiger partial charge on any atom is -0.379 e. The van der Waals surface area contributed by atoms with Crippen LogP contribution in [-0.4, -0.2) is 5.21 Å². The van der Waals surface area contributed by atoms with Crippen molar-refractivity contribution in [2.24, 2.45) is 5.34 Å². The van der Waals surface area contributed by atoms with E-state index < -0.39 is 0 Å². The van der Waals surface area contributed by atoms with E-state index in [1.165, 1.54) is 5.34 Å². The molecule has 22 valence electrons. The van der Waals surface area contributed by atoms with E-state index in [0.29, 0.717) is 0 Å². The van der Waals surface area contributed by atoms with Gasteiger partial charge < -0.3 is 5.21 Å². The van der Waals surface area contributed by atoms with Crippen LogP contribution in [0.4, 0.5) is 0 Å². The Morgan fingerprint density at radius 1 is 1.75 bits per heavy atom. The second-order valence-corrected chi connectivity index (χ2v) is 0.0816. The Hall–Kier alpha value is 0.114. The normalized spacial score (nSPS) is 3.00. The van der Waals surface area contributed by atoms with Crippen LogP contribution in [0.1, 0.15) is 0 Å². The van der Waals surface area contributed by atoms with Gasteiger partial charge in [-0.05, 0) is 0 Å². The summed E-state index contributed by atoms with van der Waals surface area (Å²) < 4.78 is 0. The first kappa shape index (κ1) is 8.93. The third-order valence-electron chi connectivity index (χ3n) is 0. The monoisotopic (exact) mass is 94.9 g/mol. The average molecular weight is 94.9 g/mol. The van der Waals surface area contributed by atoms with Crippen LogP contribution in [0.25, 0.3) is 0 Å². The van der Waals surface area contributed by atoms with Crippen LogP contribution in [0.3, 0.4) is 0 Å². The van der Waals surface area contributed by atoms with Gasteiger partial charge >= 0.3 is 0 Å². The number of hydrogen-bond donors (Lipinski definition) is 1. The Labute approximate surface area is 37.8 Å². The van der Waals surface area contributed by atoms with Crippen LogP contribution in [0, 0.1) is 4.91 Å². The van der Waals surface area contributed by atoms with E-state index >= 15 is 0 Å². The molecule has 0 aliphatic rings. The summed E-state index contributed by atoms with van der Waals surface area (Å²) in [5.41, 5.74) is 0. The Kier molecular flexibility index (Phi) is 25.0. The molecular formula is HNO2Ti. The molecule has 0 heterocycles.